The van der Waals surface area contributed by atoms with E-state index in [0.717, 1.165) is 11.4 Å². The molecule has 0 amide bonds. The average Bonchev–Trinajstić information content (AvgIpc) is 3.80. The van der Waals surface area contributed by atoms with Gasteiger partial charge in [0.1, 0.15) is 0 Å². The van der Waals surface area contributed by atoms with E-state index in [4.69, 9.17) is 0 Å². The number of hydrogen-bond acceptors (Lipinski definition) is 0. The largest absolute Gasteiger partial charge is 0.309 e. The van der Waals surface area contributed by atoms with Crippen LogP contribution in [0.25, 0.3) is 66.1 Å². The van der Waals surface area contributed by atoms with Crippen LogP contribution < -0.4 is 20.7 Å². The molecule has 0 N–H and O–H groups in total. The Hall–Kier alpha value is -7.20. The first kappa shape index (κ1) is 33.2. The summed E-state index contributed by atoms with van der Waals surface area (Å²) >= 11 is 0. The maximum absolute atomic E-state index is 2.73. The Balaban J connectivity index is 1.11. The average molecular weight is 743 g/mol. The van der Waals surface area contributed by atoms with Crippen LogP contribution in [0.3, 0.4) is 0 Å². The van der Waals surface area contributed by atoms with Crippen LogP contribution in [-0.2, 0) is 0 Å². The van der Waals surface area contributed by atoms with Crippen LogP contribution in [0, 0.1) is 0 Å². The van der Waals surface area contributed by atoms with Gasteiger partial charge in [0.05, 0.1) is 22.1 Å². The molecule has 0 radical (unpaired) electrons. The number of para-hydroxylation sites is 3. The summed E-state index contributed by atoms with van der Waals surface area (Å²) in [6, 6.07) is 85.2. The highest BCUT2D eigenvalue weighted by atomic mass is 28.3. The van der Waals surface area contributed by atoms with Crippen molar-refractivity contribution in [2.45, 2.75) is 0 Å². The SMILES string of the molecule is c1ccc(-n2c3ccc(-c4ccc(-n5c6ccccc6c6ccccc65)cc4)cc3c3ccc([Si](c4ccccc4)(c4ccccc4)c4ccccc4)cc32)cc1. The lowest BCUT2D eigenvalue weighted by Gasteiger charge is -2.34. The summed E-state index contributed by atoms with van der Waals surface area (Å²) in [6.45, 7) is 0. The van der Waals surface area contributed by atoms with Gasteiger partial charge in [0.25, 0.3) is 0 Å². The number of aromatic nitrogens is 2. The Morgan fingerprint density at radius 3 is 1.23 bits per heavy atom. The molecule has 0 aliphatic heterocycles. The van der Waals surface area contributed by atoms with Crippen LogP contribution >= 0.6 is 0 Å². The molecule has 0 aliphatic rings. The Morgan fingerprint density at radius 1 is 0.246 bits per heavy atom. The zero-order chi connectivity index (χ0) is 37.8. The highest BCUT2D eigenvalue weighted by Gasteiger charge is 2.41. The Kier molecular flexibility index (Phi) is 7.87. The van der Waals surface area contributed by atoms with Crippen molar-refractivity contribution in [3.63, 3.8) is 0 Å². The summed E-state index contributed by atoms with van der Waals surface area (Å²) in [6.07, 6.45) is 0. The molecule has 0 aliphatic carbocycles. The summed E-state index contributed by atoms with van der Waals surface area (Å²) < 4.78 is 4.84. The van der Waals surface area contributed by atoms with Crippen LogP contribution in [0.15, 0.2) is 231 Å². The van der Waals surface area contributed by atoms with Gasteiger partial charge in [-0.2, -0.15) is 0 Å². The third-order valence-corrected chi connectivity index (χ3v) is 16.6. The summed E-state index contributed by atoms with van der Waals surface area (Å²) in [5.41, 5.74) is 9.58. The molecule has 0 saturated heterocycles. The number of rotatable bonds is 7. The van der Waals surface area contributed by atoms with Crippen molar-refractivity contribution >= 4 is 72.4 Å². The number of fused-ring (bicyclic) bond motifs is 6. The monoisotopic (exact) mass is 742 g/mol. The van der Waals surface area contributed by atoms with Gasteiger partial charge in [-0.05, 0) is 86.5 Å². The fraction of sp³-hybridized carbons (Fsp3) is 0. The molecule has 2 heterocycles. The first-order valence-electron chi connectivity index (χ1n) is 19.7. The van der Waals surface area contributed by atoms with Gasteiger partial charge in [0.15, 0.2) is 8.07 Å². The minimum Gasteiger partial charge on any atom is -0.309 e. The molecular formula is C54H38N2Si. The third kappa shape index (κ3) is 5.24. The van der Waals surface area contributed by atoms with E-state index < -0.39 is 8.07 Å². The summed E-state index contributed by atoms with van der Waals surface area (Å²) in [5.74, 6) is 0. The molecule has 57 heavy (non-hydrogen) atoms. The molecule has 0 spiro atoms. The minimum atomic E-state index is -2.73. The van der Waals surface area contributed by atoms with E-state index in [-0.39, 0.29) is 0 Å². The molecule has 268 valence electrons. The van der Waals surface area contributed by atoms with Crippen LogP contribution in [0.4, 0.5) is 0 Å². The van der Waals surface area contributed by atoms with Gasteiger partial charge < -0.3 is 9.13 Å². The van der Waals surface area contributed by atoms with Crippen LogP contribution in [0.5, 0.6) is 0 Å². The molecular weight excluding hydrogens is 705 g/mol. The topological polar surface area (TPSA) is 9.86 Å². The maximum atomic E-state index is 2.50. The van der Waals surface area contributed by atoms with E-state index in [1.165, 1.54) is 75.5 Å². The quantitative estimate of drug-likeness (QED) is 0.114. The highest BCUT2D eigenvalue weighted by Crippen LogP contribution is 2.36. The lowest BCUT2D eigenvalue weighted by Crippen LogP contribution is -2.74. The van der Waals surface area contributed by atoms with Crippen molar-refractivity contribution in [3.8, 4) is 22.5 Å². The lowest BCUT2D eigenvalue weighted by atomic mass is 10.0. The zero-order valence-electron chi connectivity index (χ0n) is 31.3. The minimum absolute atomic E-state index is 1.16. The smallest absolute Gasteiger partial charge is 0.179 e. The highest BCUT2D eigenvalue weighted by molar-refractivity contribution is 7.20. The first-order valence-corrected chi connectivity index (χ1v) is 21.7. The summed E-state index contributed by atoms with van der Waals surface area (Å²) in [4.78, 5) is 0. The molecule has 0 saturated carbocycles. The molecule has 9 aromatic carbocycles. The van der Waals surface area contributed by atoms with Crippen molar-refractivity contribution < 1.29 is 0 Å². The summed E-state index contributed by atoms with van der Waals surface area (Å²) in [5, 5.41) is 10.5. The second-order valence-electron chi connectivity index (χ2n) is 14.9. The van der Waals surface area contributed by atoms with Gasteiger partial charge in [-0.15, -0.1) is 0 Å². The Labute approximate surface area is 333 Å². The second-order valence-corrected chi connectivity index (χ2v) is 18.7. The number of nitrogens with zero attached hydrogens (tertiary/aromatic N) is 2. The summed E-state index contributed by atoms with van der Waals surface area (Å²) in [7, 11) is -2.73. The van der Waals surface area contributed by atoms with Gasteiger partial charge in [-0.3, -0.25) is 0 Å². The maximum Gasteiger partial charge on any atom is 0.179 e. The van der Waals surface area contributed by atoms with Gasteiger partial charge in [-0.25, -0.2) is 0 Å². The second kappa shape index (κ2) is 13.5. The molecule has 0 bridgehead atoms. The fourth-order valence-corrected chi connectivity index (χ4v) is 14.1. The van der Waals surface area contributed by atoms with Crippen molar-refractivity contribution in [1.29, 1.82) is 0 Å². The van der Waals surface area contributed by atoms with E-state index in [1.54, 1.807) is 0 Å². The molecule has 11 aromatic rings. The normalized spacial score (nSPS) is 11.9. The third-order valence-electron chi connectivity index (χ3n) is 11.9. The molecule has 0 atom stereocenters. The Bertz CT molecular complexity index is 3050. The molecule has 2 aromatic heterocycles. The van der Waals surface area contributed by atoms with Gasteiger partial charge in [0, 0.05) is 32.9 Å². The predicted octanol–water partition coefficient (Wildman–Crippen LogP) is 10.9. The fourth-order valence-electron chi connectivity index (χ4n) is 9.36. The molecule has 3 heteroatoms. The standard InChI is InChI=1S/C54H38N2Si/c1-5-17-41(18-6-1)56-53-36-31-40(39-29-32-42(33-30-39)55-51-27-15-13-25-47(51)48-26-14-16-28-52(48)55)37-50(53)49-35-34-46(38-54(49)56)57(43-19-7-2-8-20-43,44-21-9-3-10-22-44)45-23-11-4-12-24-45/h1-38H. The van der Waals surface area contributed by atoms with Crippen LogP contribution in [0.2, 0.25) is 0 Å². The van der Waals surface area contributed by atoms with E-state index in [0.29, 0.717) is 0 Å². The zero-order valence-corrected chi connectivity index (χ0v) is 32.3. The van der Waals surface area contributed by atoms with Crippen molar-refractivity contribution in [2.24, 2.45) is 0 Å². The van der Waals surface area contributed by atoms with E-state index in [9.17, 15) is 0 Å². The van der Waals surface area contributed by atoms with Crippen molar-refractivity contribution in [2.75, 3.05) is 0 Å². The number of hydrogen-bond donors (Lipinski definition) is 0. The van der Waals surface area contributed by atoms with Crippen LogP contribution in [-0.4, -0.2) is 17.2 Å². The molecule has 0 fully saturated rings. The lowest BCUT2D eigenvalue weighted by molar-refractivity contribution is 1.18. The van der Waals surface area contributed by atoms with Gasteiger partial charge in [-0.1, -0.05) is 176 Å². The van der Waals surface area contributed by atoms with E-state index in [1.807, 2.05) is 0 Å². The molecule has 2 nitrogen and oxygen atoms in total. The molecule has 11 rings (SSSR count). The van der Waals surface area contributed by atoms with Crippen LogP contribution in [0.1, 0.15) is 0 Å². The van der Waals surface area contributed by atoms with Gasteiger partial charge in [0.2, 0.25) is 0 Å². The Morgan fingerprint density at radius 2 is 0.667 bits per heavy atom. The predicted molar refractivity (Wildman–Crippen MR) is 244 cm³/mol. The first-order chi connectivity index (χ1) is 28.3. The van der Waals surface area contributed by atoms with E-state index in [2.05, 4.69) is 240 Å². The number of benzene rings is 9. The van der Waals surface area contributed by atoms with E-state index >= 15 is 0 Å². The van der Waals surface area contributed by atoms with Gasteiger partial charge >= 0.3 is 0 Å². The molecule has 0 unspecified atom stereocenters. The van der Waals surface area contributed by atoms with Crippen molar-refractivity contribution in [3.05, 3.63) is 231 Å². The van der Waals surface area contributed by atoms with Crippen molar-refractivity contribution in [1.82, 2.24) is 9.13 Å².